The first-order valence-corrected chi connectivity index (χ1v) is 2.30. The summed E-state index contributed by atoms with van der Waals surface area (Å²) in [6.45, 7) is 4.76. The average Bonchev–Trinajstić information content (AvgIpc) is 1.69. The van der Waals surface area contributed by atoms with Gasteiger partial charge in [-0.1, -0.05) is 0 Å². The van der Waals surface area contributed by atoms with E-state index in [2.05, 4.69) is 17.4 Å². The van der Waals surface area contributed by atoms with E-state index in [0.29, 0.717) is 6.54 Å². The second kappa shape index (κ2) is 5.41. The van der Waals surface area contributed by atoms with E-state index < -0.39 is 0 Å². The van der Waals surface area contributed by atoms with Gasteiger partial charge < -0.3 is 5.73 Å². The van der Waals surface area contributed by atoms with Crippen LogP contribution in [0.15, 0.2) is 11.6 Å². The third-order valence-electron chi connectivity index (χ3n) is 0.586. The van der Waals surface area contributed by atoms with E-state index in [-0.39, 0.29) is 0 Å². The zero-order valence-corrected chi connectivity index (χ0v) is 4.35. The second-order valence-electron chi connectivity index (χ2n) is 1.18. The normalized spacial score (nSPS) is 7.57. The Balaban J connectivity index is 2.83. The van der Waals surface area contributed by atoms with Crippen LogP contribution in [0.4, 0.5) is 0 Å². The summed E-state index contributed by atoms with van der Waals surface area (Å²) in [7, 11) is 0. The number of nitrogens with two attached hydrogens (primary N) is 1. The molecule has 0 amide bonds. The lowest BCUT2D eigenvalue weighted by Crippen LogP contribution is -1.99. The van der Waals surface area contributed by atoms with Crippen LogP contribution in [0, 0.1) is 0 Å². The molecule has 0 saturated carbocycles. The van der Waals surface area contributed by atoms with Crippen LogP contribution < -0.4 is 5.73 Å². The number of hydrogen-bond acceptors (Lipinski definition) is 2. The van der Waals surface area contributed by atoms with Crippen molar-refractivity contribution in [2.45, 2.75) is 6.42 Å². The molecule has 2 nitrogen and oxygen atoms in total. The van der Waals surface area contributed by atoms with Crippen LogP contribution in [-0.2, 0) is 0 Å². The summed E-state index contributed by atoms with van der Waals surface area (Å²) in [5.41, 5.74) is 5.16. The lowest BCUT2D eigenvalue weighted by Gasteiger charge is -1.82. The van der Waals surface area contributed by atoms with E-state index in [1.807, 2.05) is 0 Å². The van der Waals surface area contributed by atoms with Crippen molar-refractivity contribution in [1.82, 2.24) is 0 Å². The summed E-state index contributed by atoms with van der Waals surface area (Å²) in [6.07, 6.45) is 0.933. The predicted octanol–water partition coefficient (Wildman–Crippen LogP) is 0.191. The van der Waals surface area contributed by atoms with Gasteiger partial charge in [0.25, 0.3) is 0 Å². The van der Waals surface area contributed by atoms with Crippen LogP contribution in [0.3, 0.4) is 0 Å². The standard InChI is InChI=1S/C5H10N2/c1-2-7-5-3-4-6/h1,3-6H2. The molecule has 0 atom stereocenters. The smallest absolute Gasteiger partial charge is 0.0495 e. The summed E-state index contributed by atoms with van der Waals surface area (Å²) in [5, 5.41) is 0. The van der Waals surface area contributed by atoms with Crippen molar-refractivity contribution in [2.75, 3.05) is 13.1 Å². The Kier molecular flexibility index (Phi) is 4.95. The maximum absolute atomic E-state index is 5.16. The third-order valence-corrected chi connectivity index (χ3v) is 0.586. The molecule has 0 aliphatic carbocycles. The fourth-order valence-electron chi connectivity index (χ4n) is 0.249. The predicted molar refractivity (Wildman–Crippen MR) is 31.6 cm³/mol. The van der Waals surface area contributed by atoms with Gasteiger partial charge in [-0.25, -0.2) is 4.99 Å². The van der Waals surface area contributed by atoms with Gasteiger partial charge in [-0.15, -0.1) is 0 Å². The molecule has 2 N–H and O–H groups in total. The topological polar surface area (TPSA) is 38.4 Å². The molecular formula is C5H10N2. The van der Waals surface area contributed by atoms with Gasteiger partial charge in [0.15, 0.2) is 0 Å². The molecular weight excluding hydrogens is 88.1 g/mol. The van der Waals surface area contributed by atoms with Crippen LogP contribution in [0.5, 0.6) is 0 Å². The number of hydrogen-bond donors (Lipinski definition) is 1. The third kappa shape index (κ3) is 5.41. The summed E-state index contributed by atoms with van der Waals surface area (Å²) < 4.78 is 0. The SMILES string of the molecule is C=C=NCCCN. The van der Waals surface area contributed by atoms with Crippen molar-refractivity contribution in [2.24, 2.45) is 10.7 Å². The monoisotopic (exact) mass is 98.1 g/mol. The van der Waals surface area contributed by atoms with Crippen molar-refractivity contribution >= 4 is 5.87 Å². The first kappa shape index (κ1) is 6.41. The number of nitrogens with zero attached hydrogens (tertiary/aromatic N) is 1. The molecule has 0 aromatic heterocycles. The quantitative estimate of drug-likeness (QED) is 0.397. The molecule has 0 aromatic rings. The maximum atomic E-state index is 5.16. The number of rotatable bonds is 3. The molecule has 0 aliphatic rings. The minimum Gasteiger partial charge on any atom is -0.330 e. The van der Waals surface area contributed by atoms with Gasteiger partial charge in [-0.05, 0) is 25.4 Å². The van der Waals surface area contributed by atoms with Gasteiger partial charge in [0.2, 0.25) is 0 Å². The van der Waals surface area contributed by atoms with Crippen molar-refractivity contribution in [3.8, 4) is 0 Å². The largest absolute Gasteiger partial charge is 0.330 e. The van der Waals surface area contributed by atoms with Crippen molar-refractivity contribution in [3.63, 3.8) is 0 Å². The molecule has 0 unspecified atom stereocenters. The summed E-state index contributed by atoms with van der Waals surface area (Å²) >= 11 is 0. The Bertz CT molecular complexity index is 72.1. The highest BCUT2D eigenvalue weighted by atomic mass is 14.7. The van der Waals surface area contributed by atoms with Gasteiger partial charge in [0.1, 0.15) is 0 Å². The van der Waals surface area contributed by atoms with E-state index in [9.17, 15) is 0 Å². The fraction of sp³-hybridized carbons (Fsp3) is 0.600. The number of aliphatic imine (C=N–C) groups is 1. The Hall–Kier alpha value is -0.590. The van der Waals surface area contributed by atoms with E-state index in [4.69, 9.17) is 5.73 Å². The lowest BCUT2D eigenvalue weighted by atomic mass is 10.4. The molecule has 0 saturated heterocycles. The Morgan fingerprint density at radius 1 is 1.71 bits per heavy atom. The minimum atomic E-state index is 0.700. The minimum absolute atomic E-state index is 0.700. The van der Waals surface area contributed by atoms with Crippen LogP contribution in [0.2, 0.25) is 0 Å². The van der Waals surface area contributed by atoms with Gasteiger partial charge in [-0.3, -0.25) is 0 Å². The van der Waals surface area contributed by atoms with Gasteiger partial charge >= 0.3 is 0 Å². The highest BCUT2D eigenvalue weighted by Gasteiger charge is 1.73. The second-order valence-corrected chi connectivity index (χ2v) is 1.18. The molecule has 7 heavy (non-hydrogen) atoms. The molecule has 0 bridgehead atoms. The molecule has 0 spiro atoms. The lowest BCUT2D eigenvalue weighted by molar-refractivity contribution is 0.848. The summed E-state index contributed by atoms with van der Waals surface area (Å²) in [5.74, 6) is 2.42. The van der Waals surface area contributed by atoms with Crippen molar-refractivity contribution in [1.29, 1.82) is 0 Å². The van der Waals surface area contributed by atoms with Gasteiger partial charge in [-0.2, -0.15) is 0 Å². The molecule has 2 heteroatoms. The van der Waals surface area contributed by atoms with Gasteiger partial charge in [0, 0.05) is 6.54 Å². The fourth-order valence-corrected chi connectivity index (χ4v) is 0.249. The van der Waals surface area contributed by atoms with E-state index in [1.54, 1.807) is 0 Å². The first-order chi connectivity index (χ1) is 3.41. The molecule has 40 valence electrons. The first-order valence-electron chi connectivity index (χ1n) is 2.30. The maximum Gasteiger partial charge on any atom is 0.0495 e. The summed E-state index contributed by atoms with van der Waals surface area (Å²) in [4.78, 5) is 3.72. The van der Waals surface area contributed by atoms with Crippen LogP contribution in [0.25, 0.3) is 0 Å². The van der Waals surface area contributed by atoms with Crippen molar-refractivity contribution < 1.29 is 0 Å². The van der Waals surface area contributed by atoms with Crippen molar-refractivity contribution in [3.05, 3.63) is 6.58 Å². The van der Waals surface area contributed by atoms with E-state index in [1.165, 1.54) is 0 Å². The Morgan fingerprint density at radius 2 is 2.43 bits per heavy atom. The summed E-state index contributed by atoms with van der Waals surface area (Å²) in [6, 6.07) is 0. The zero-order chi connectivity index (χ0) is 5.54. The Morgan fingerprint density at radius 3 is 2.86 bits per heavy atom. The molecule has 0 rings (SSSR count). The highest BCUT2D eigenvalue weighted by Crippen LogP contribution is 1.71. The Labute approximate surface area is 43.7 Å². The molecule has 0 fully saturated rings. The van der Waals surface area contributed by atoms with Crippen LogP contribution in [-0.4, -0.2) is 19.0 Å². The van der Waals surface area contributed by atoms with E-state index in [0.717, 1.165) is 13.0 Å². The molecule has 0 aliphatic heterocycles. The average molecular weight is 98.1 g/mol. The molecule has 0 radical (unpaired) electrons. The van der Waals surface area contributed by atoms with Gasteiger partial charge in [0.05, 0.1) is 0 Å². The zero-order valence-electron chi connectivity index (χ0n) is 4.35. The molecule has 0 heterocycles. The van der Waals surface area contributed by atoms with Crippen LogP contribution in [0.1, 0.15) is 6.42 Å². The van der Waals surface area contributed by atoms with E-state index >= 15 is 0 Å². The van der Waals surface area contributed by atoms with Crippen LogP contribution >= 0.6 is 0 Å². The molecule has 0 aromatic carbocycles. The highest BCUT2D eigenvalue weighted by molar-refractivity contribution is 5.46.